The summed E-state index contributed by atoms with van der Waals surface area (Å²) in [5, 5.41) is 17.5. The normalized spacial score (nSPS) is 9.23. The lowest BCUT2D eigenvalue weighted by molar-refractivity contribution is 1.16. The van der Waals surface area contributed by atoms with Crippen molar-refractivity contribution < 1.29 is 0 Å². The fourth-order valence-corrected chi connectivity index (χ4v) is 2.48. The van der Waals surface area contributed by atoms with E-state index in [1.165, 1.54) is 0 Å². The molecule has 0 aromatic carbocycles. The molecule has 2 heterocycles. The van der Waals surface area contributed by atoms with Gasteiger partial charge < -0.3 is 4.98 Å². The SMILES string of the molecule is Cc1c(I)c[nH]c(=O)c1C#N.Cc1c(I)cnc(Cl)c1C#N. The first-order chi connectivity index (χ1) is 10.3. The van der Waals surface area contributed by atoms with Crippen LogP contribution in [-0.4, -0.2) is 9.97 Å². The predicted molar refractivity (Wildman–Crippen MR) is 101 cm³/mol. The standard InChI is InChI=1S/C7H4ClIN2.C7H5IN2O/c1-4-5(2-10)7(8)11-3-6(4)9;1-4-5(2-9)7(11)10-3-6(4)8/h3H,1H3;3H,1H3,(H,10,11). The van der Waals surface area contributed by atoms with Gasteiger partial charge in [0.2, 0.25) is 0 Å². The molecule has 22 heavy (non-hydrogen) atoms. The Morgan fingerprint density at radius 1 is 1.14 bits per heavy atom. The van der Waals surface area contributed by atoms with Gasteiger partial charge in [-0.1, -0.05) is 11.6 Å². The largest absolute Gasteiger partial charge is 0.327 e. The molecule has 0 aliphatic rings. The van der Waals surface area contributed by atoms with Crippen LogP contribution in [0.3, 0.4) is 0 Å². The Labute approximate surface area is 159 Å². The number of pyridine rings is 2. The summed E-state index contributed by atoms with van der Waals surface area (Å²) in [7, 11) is 0. The second-order valence-electron chi connectivity index (χ2n) is 4.09. The summed E-state index contributed by atoms with van der Waals surface area (Å²) in [6.45, 7) is 3.61. The van der Waals surface area contributed by atoms with Gasteiger partial charge in [0.15, 0.2) is 0 Å². The van der Waals surface area contributed by atoms with Gasteiger partial charge in [0.1, 0.15) is 22.9 Å². The van der Waals surface area contributed by atoms with E-state index in [2.05, 4.69) is 55.1 Å². The number of rotatable bonds is 0. The minimum Gasteiger partial charge on any atom is -0.327 e. The van der Waals surface area contributed by atoms with Crippen molar-refractivity contribution in [2.45, 2.75) is 13.8 Å². The van der Waals surface area contributed by atoms with Crippen molar-refractivity contribution in [3.05, 3.63) is 57.3 Å². The third-order valence-electron chi connectivity index (χ3n) is 2.74. The number of nitrogens with one attached hydrogen (secondary N) is 1. The van der Waals surface area contributed by atoms with E-state index in [4.69, 9.17) is 22.1 Å². The number of aromatic nitrogens is 2. The molecule has 0 atom stereocenters. The van der Waals surface area contributed by atoms with E-state index in [-0.39, 0.29) is 16.3 Å². The zero-order chi connectivity index (χ0) is 16.9. The highest BCUT2D eigenvalue weighted by Crippen LogP contribution is 2.20. The molecular weight excluding hydrogens is 529 g/mol. The molecule has 112 valence electrons. The molecule has 0 aliphatic heterocycles. The van der Waals surface area contributed by atoms with Gasteiger partial charge in [-0.2, -0.15) is 10.5 Å². The number of hydrogen-bond donors (Lipinski definition) is 1. The van der Waals surface area contributed by atoms with Crippen LogP contribution in [0.15, 0.2) is 17.2 Å². The summed E-state index contributed by atoms with van der Waals surface area (Å²) in [6, 6.07) is 3.86. The molecule has 0 saturated heterocycles. The molecule has 5 nitrogen and oxygen atoms in total. The third-order valence-corrected chi connectivity index (χ3v) is 5.24. The van der Waals surface area contributed by atoms with Gasteiger partial charge in [0, 0.05) is 19.5 Å². The van der Waals surface area contributed by atoms with Gasteiger partial charge in [-0.3, -0.25) is 4.79 Å². The van der Waals surface area contributed by atoms with E-state index in [1.807, 2.05) is 19.1 Å². The highest BCUT2D eigenvalue weighted by molar-refractivity contribution is 14.1. The summed E-state index contributed by atoms with van der Waals surface area (Å²) >= 11 is 9.85. The van der Waals surface area contributed by atoms with Crippen LogP contribution in [0.1, 0.15) is 22.3 Å². The number of hydrogen-bond acceptors (Lipinski definition) is 4. The molecular formula is C14H9ClI2N4O. The second-order valence-corrected chi connectivity index (χ2v) is 6.77. The maximum Gasteiger partial charge on any atom is 0.266 e. The first kappa shape index (κ1) is 18.9. The molecule has 0 radical (unpaired) electrons. The molecule has 0 fully saturated rings. The molecule has 2 rings (SSSR count). The van der Waals surface area contributed by atoms with Crippen LogP contribution in [-0.2, 0) is 0 Å². The fraction of sp³-hybridized carbons (Fsp3) is 0.143. The van der Waals surface area contributed by atoms with Crippen LogP contribution in [0.25, 0.3) is 0 Å². The molecule has 2 aromatic heterocycles. The molecule has 0 bridgehead atoms. The summed E-state index contributed by atoms with van der Waals surface area (Å²) < 4.78 is 1.86. The quantitative estimate of drug-likeness (QED) is 0.409. The van der Waals surface area contributed by atoms with Crippen LogP contribution >= 0.6 is 56.8 Å². The van der Waals surface area contributed by atoms with Crippen molar-refractivity contribution in [1.29, 1.82) is 10.5 Å². The molecule has 0 amide bonds. The lowest BCUT2D eigenvalue weighted by Gasteiger charge is -2.00. The Hall–Kier alpha value is -1.17. The van der Waals surface area contributed by atoms with Crippen LogP contribution in [0.5, 0.6) is 0 Å². The van der Waals surface area contributed by atoms with Gasteiger partial charge in [-0.15, -0.1) is 0 Å². The number of H-pyrrole nitrogens is 1. The molecule has 0 saturated carbocycles. The summed E-state index contributed by atoms with van der Waals surface area (Å²) in [6.07, 6.45) is 3.25. The topological polar surface area (TPSA) is 93.3 Å². The molecule has 1 N–H and O–H groups in total. The van der Waals surface area contributed by atoms with E-state index in [0.717, 1.165) is 18.3 Å². The number of halogens is 3. The Morgan fingerprint density at radius 2 is 1.68 bits per heavy atom. The smallest absolute Gasteiger partial charge is 0.266 e. The van der Waals surface area contributed by atoms with Crippen LogP contribution in [0.2, 0.25) is 5.15 Å². The van der Waals surface area contributed by atoms with E-state index in [0.29, 0.717) is 5.56 Å². The lowest BCUT2D eigenvalue weighted by Crippen LogP contribution is -2.12. The van der Waals surface area contributed by atoms with Gasteiger partial charge >= 0.3 is 0 Å². The highest BCUT2D eigenvalue weighted by atomic mass is 127. The van der Waals surface area contributed by atoms with Gasteiger partial charge in [-0.25, -0.2) is 4.98 Å². The minimum atomic E-state index is -0.314. The number of nitrogens with zero attached hydrogens (tertiary/aromatic N) is 3. The van der Waals surface area contributed by atoms with Crippen LogP contribution in [0.4, 0.5) is 0 Å². The van der Waals surface area contributed by atoms with Crippen molar-refractivity contribution >= 4 is 56.8 Å². The van der Waals surface area contributed by atoms with Crippen molar-refractivity contribution in [2.75, 3.05) is 0 Å². The van der Waals surface area contributed by atoms with E-state index < -0.39 is 0 Å². The zero-order valence-corrected chi connectivity index (χ0v) is 16.6. The van der Waals surface area contributed by atoms with Crippen molar-refractivity contribution in [2.24, 2.45) is 0 Å². The third kappa shape index (κ3) is 4.41. The zero-order valence-electron chi connectivity index (χ0n) is 11.5. The average Bonchev–Trinajstić information content (AvgIpc) is 2.49. The van der Waals surface area contributed by atoms with Crippen molar-refractivity contribution in [3.8, 4) is 12.1 Å². The van der Waals surface area contributed by atoms with Gasteiger partial charge in [-0.05, 0) is 70.2 Å². The lowest BCUT2D eigenvalue weighted by atomic mass is 10.2. The number of nitriles is 2. The number of aromatic amines is 1. The molecule has 0 unspecified atom stereocenters. The van der Waals surface area contributed by atoms with Crippen molar-refractivity contribution in [3.63, 3.8) is 0 Å². The monoisotopic (exact) mass is 538 g/mol. The van der Waals surface area contributed by atoms with Gasteiger partial charge in [0.25, 0.3) is 5.56 Å². The Bertz CT molecular complexity index is 850. The summed E-state index contributed by atoms with van der Waals surface area (Å²) in [5.74, 6) is 0. The Kier molecular flexibility index (Phi) is 7.26. The molecule has 8 heteroatoms. The van der Waals surface area contributed by atoms with Crippen molar-refractivity contribution in [1.82, 2.24) is 9.97 Å². The Morgan fingerprint density at radius 3 is 2.14 bits per heavy atom. The minimum absolute atomic E-state index is 0.205. The maximum absolute atomic E-state index is 10.9. The van der Waals surface area contributed by atoms with E-state index in [1.54, 1.807) is 19.3 Å². The van der Waals surface area contributed by atoms with E-state index >= 15 is 0 Å². The Balaban J connectivity index is 0.000000220. The predicted octanol–water partition coefficient (Wildman–Crippen LogP) is 3.68. The fourth-order valence-electron chi connectivity index (χ4n) is 1.41. The first-order valence-corrected chi connectivity index (χ1v) is 8.35. The van der Waals surface area contributed by atoms with E-state index in [9.17, 15) is 4.79 Å². The first-order valence-electron chi connectivity index (χ1n) is 5.82. The second kappa shape index (κ2) is 8.46. The van der Waals surface area contributed by atoms with Crippen LogP contribution in [0, 0.1) is 43.7 Å². The summed E-state index contributed by atoms with van der Waals surface area (Å²) in [4.78, 5) is 17.3. The van der Waals surface area contributed by atoms with Crippen LogP contribution < -0.4 is 5.56 Å². The molecule has 0 spiro atoms. The maximum atomic E-state index is 10.9. The van der Waals surface area contributed by atoms with Gasteiger partial charge in [0.05, 0.1) is 5.56 Å². The average molecular weight is 539 g/mol. The highest BCUT2D eigenvalue weighted by Gasteiger charge is 2.06. The summed E-state index contributed by atoms with van der Waals surface area (Å²) in [5.41, 5.74) is 2.01. The molecule has 2 aromatic rings. The molecule has 0 aliphatic carbocycles.